The number of nitrogens with zero attached hydrogens (tertiary/aromatic N) is 1. The van der Waals surface area contributed by atoms with Gasteiger partial charge < -0.3 is 5.32 Å². The molecule has 1 aromatic heterocycles. The SMILES string of the molecule is O=C(Cc1[nH]nc2ccccc12)NC1CCc2c(F)cccc21. The van der Waals surface area contributed by atoms with Crippen LogP contribution in [0.1, 0.15) is 29.3 Å². The summed E-state index contributed by atoms with van der Waals surface area (Å²) in [5.41, 5.74) is 3.27. The van der Waals surface area contributed by atoms with Crippen LogP contribution in [0.15, 0.2) is 42.5 Å². The first kappa shape index (κ1) is 13.9. The molecule has 0 aliphatic heterocycles. The highest BCUT2D eigenvalue weighted by atomic mass is 19.1. The van der Waals surface area contributed by atoms with Crippen molar-refractivity contribution in [2.75, 3.05) is 0 Å². The lowest BCUT2D eigenvalue weighted by Gasteiger charge is -2.14. The van der Waals surface area contributed by atoms with Crippen molar-refractivity contribution in [3.8, 4) is 0 Å². The molecular formula is C18H16FN3O. The molecule has 0 fully saturated rings. The number of hydrogen-bond acceptors (Lipinski definition) is 2. The van der Waals surface area contributed by atoms with Crippen LogP contribution < -0.4 is 5.32 Å². The van der Waals surface area contributed by atoms with Crippen LogP contribution in [0, 0.1) is 5.82 Å². The Morgan fingerprint density at radius 2 is 2.13 bits per heavy atom. The van der Waals surface area contributed by atoms with Gasteiger partial charge in [-0.3, -0.25) is 9.89 Å². The number of carbonyl (C=O) groups excluding carboxylic acids is 1. The van der Waals surface area contributed by atoms with Gasteiger partial charge in [0.2, 0.25) is 5.91 Å². The Morgan fingerprint density at radius 1 is 1.26 bits per heavy atom. The Labute approximate surface area is 132 Å². The average Bonchev–Trinajstić information content (AvgIpc) is 3.14. The van der Waals surface area contributed by atoms with E-state index < -0.39 is 0 Å². The lowest BCUT2D eigenvalue weighted by atomic mass is 10.1. The number of hydrogen-bond donors (Lipinski definition) is 2. The van der Waals surface area contributed by atoms with E-state index in [-0.39, 0.29) is 24.2 Å². The van der Waals surface area contributed by atoms with Crippen LogP contribution in [0.25, 0.3) is 10.9 Å². The summed E-state index contributed by atoms with van der Waals surface area (Å²) in [6.07, 6.45) is 1.65. The van der Waals surface area contributed by atoms with E-state index in [1.54, 1.807) is 6.07 Å². The van der Waals surface area contributed by atoms with E-state index in [0.29, 0.717) is 6.42 Å². The largest absolute Gasteiger partial charge is 0.349 e. The second-order valence-corrected chi connectivity index (χ2v) is 5.86. The predicted molar refractivity (Wildman–Crippen MR) is 85.4 cm³/mol. The van der Waals surface area contributed by atoms with E-state index in [1.165, 1.54) is 6.07 Å². The van der Waals surface area contributed by atoms with Crippen molar-refractivity contribution < 1.29 is 9.18 Å². The molecule has 116 valence electrons. The maximum atomic E-state index is 13.8. The summed E-state index contributed by atoms with van der Waals surface area (Å²) in [4.78, 5) is 12.4. The van der Waals surface area contributed by atoms with E-state index >= 15 is 0 Å². The van der Waals surface area contributed by atoms with Crippen LogP contribution in [0.3, 0.4) is 0 Å². The van der Waals surface area contributed by atoms with Gasteiger partial charge in [-0.1, -0.05) is 30.3 Å². The molecule has 1 aliphatic carbocycles. The number of aromatic nitrogens is 2. The summed E-state index contributed by atoms with van der Waals surface area (Å²) in [5.74, 6) is -0.264. The number of benzene rings is 2. The highest BCUT2D eigenvalue weighted by molar-refractivity contribution is 5.87. The number of para-hydroxylation sites is 1. The van der Waals surface area contributed by atoms with E-state index in [0.717, 1.165) is 34.1 Å². The van der Waals surface area contributed by atoms with E-state index in [4.69, 9.17) is 0 Å². The number of nitrogens with one attached hydrogen (secondary N) is 2. The van der Waals surface area contributed by atoms with Gasteiger partial charge in [-0.25, -0.2) is 4.39 Å². The Kier molecular flexibility index (Phi) is 3.33. The van der Waals surface area contributed by atoms with Crippen LogP contribution in [-0.2, 0) is 17.6 Å². The Hall–Kier alpha value is -2.69. The molecule has 3 aromatic rings. The Balaban J connectivity index is 1.51. The minimum absolute atomic E-state index is 0.0819. The number of amides is 1. The molecule has 4 rings (SSSR count). The standard InChI is InChI=1S/C18H16FN3O/c19-14-6-3-5-12-11(14)8-9-15(12)20-18(23)10-17-13-4-1-2-7-16(13)21-22-17/h1-7,15H,8-10H2,(H,20,23)(H,21,22). The molecular weight excluding hydrogens is 293 g/mol. The number of H-pyrrole nitrogens is 1. The number of fused-ring (bicyclic) bond motifs is 2. The molecule has 2 aromatic carbocycles. The first-order valence-electron chi connectivity index (χ1n) is 7.71. The first-order chi connectivity index (χ1) is 11.2. The van der Waals surface area contributed by atoms with E-state index in [2.05, 4.69) is 15.5 Å². The van der Waals surface area contributed by atoms with Crippen molar-refractivity contribution >= 4 is 16.8 Å². The van der Waals surface area contributed by atoms with Gasteiger partial charge in [0.1, 0.15) is 5.82 Å². The van der Waals surface area contributed by atoms with Crippen molar-refractivity contribution in [3.63, 3.8) is 0 Å². The van der Waals surface area contributed by atoms with Crippen molar-refractivity contribution in [2.24, 2.45) is 0 Å². The van der Waals surface area contributed by atoms with Crippen LogP contribution >= 0.6 is 0 Å². The first-order valence-corrected chi connectivity index (χ1v) is 7.71. The van der Waals surface area contributed by atoms with Crippen molar-refractivity contribution in [1.29, 1.82) is 0 Å². The van der Waals surface area contributed by atoms with Gasteiger partial charge in [0, 0.05) is 5.39 Å². The second-order valence-electron chi connectivity index (χ2n) is 5.86. The fourth-order valence-electron chi connectivity index (χ4n) is 3.31. The molecule has 1 aliphatic rings. The maximum absolute atomic E-state index is 13.8. The fourth-order valence-corrected chi connectivity index (χ4v) is 3.31. The minimum Gasteiger partial charge on any atom is -0.349 e. The fraction of sp³-hybridized carbons (Fsp3) is 0.222. The molecule has 23 heavy (non-hydrogen) atoms. The van der Waals surface area contributed by atoms with Gasteiger partial charge in [0.05, 0.1) is 23.7 Å². The molecule has 0 bridgehead atoms. The Bertz CT molecular complexity index is 887. The molecule has 0 saturated carbocycles. The van der Waals surface area contributed by atoms with Crippen LogP contribution in [-0.4, -0.2) is 16.1 Å². The third kappa shape index (κ3) is 2.48. The topological polar surface area (TPSA) is 57.8 Å². The zero-order chi connectivity index (χ0) is 15.8. The summed E-state index contributed by atoms with van der Waals surface area (Å²) < 4.78 is 13.8. The molecule has 1 amide bonds. The molecule has 1 unspecified atom stereocenters. The summed E-state index contributed by atoms with van der Waals surface area (Å²) >= 11 is 0. The summed E-state index contributed by atoms with van der Waals surface area (Å²) in [6, 6.07) is 12.6. The molecule has 1 atom stereocenters. The van der Waals surface area contributed by atoms with Crippen molar-refractivity contribution in [1.82, 2.24) is 15.5 Å². The normalized spacial score (nSPS) is 16.5. The summed E-state index contributed by atoms with van der Waals surface area (Å²) in [7, 11) is 0. The van der Waals surface area contributed by atoms with E-state index in [9.17, 15) is 9.18 Å². The number of rotatable bonds is 3. The van der Waals surface area contributed by atoms with Gasteiger partial charge in [0.15, 0.2) is 0 Å². The van der Waals surface area contributed by atoms with Gasteiger partial charge in [0.25, 0.3) is 0 Å². The van der Waals surface area contributed by atoms with Crippen molar-refractivity contribution in [3.05, 3.63) is 65.1 Å². The van der Waals surface area contributed by atoms with Gasteiger partial charge in [-0.15, -0.1) is 0 Å². The van der Waals surface area contributed by atoms with Gasteiger partial charge >= 0.3 is 0 Å². The number of aromatic amines is 1. The molecule has 1 heterocycles. The molecule has 0 spiro atoms. The van der Waals surface area contributed by atoms with Crippen LogP contribution in [0.2, 0.25) is 0 Å². The lowest BCUT2D eigenvalue weighted by molar-refractivity contribution is -0.121. The molecule has 4 nitrogen and oxygen atoms in total. The predicted octanol–water partition coefficient (Wildman–Crippen LogP) is 3.05. The summed E-state index contributed by atoms with van der Waals surface area (Å²) in [5, 5.41) is 11.1. The van der Waals surface area contributed by atoms with Gasteiger partial charge in [-0.05, 0) is 36.1 Å². The van der Waals surface area contributed by atoms with Crippen LogP contribution in [0.5, 0.6) is 0 Å². The lowest BCUT2D eigenvalue weighted by Crippen LogP contribution is -2.28. The third-order valence-electron chi connectivity index (χ3n) is 4.43. The zero-order valence-corrected chi connectivity index (χ0v) is 12.5. The third-order valence-corrected chi connectivity index (χ3v) is 4.43. The highest BCUT2D eigenvalue weighted by Gasteiger charge is 2.26. The number of carbonyl (C=O) groups is 1. The maximum Gasteiger partial charge on any atom is 0.226 e. The molecule has 0 saturated heterocycles. The van der Waals surface area contributed by atoms with Gasteiger partial charge in [-0.2, -0.15) is 5.10 Å². The van der Waals surface area contributed by atoms with E-state index in [1.807, 2.05) is 30.3 Å². The monoisotopic (exact) mass is 309 g/mol. The zero-order valence-electron chi connectivity index (χ0n) is 12.5. The molecule has 2 N–H and O–H groups in total. The summed E-state index contributed by atoms with van der Waals surface area (Å²) in [6.45, 7) is 0. The Morgan fingerprint density at radius 3 is 3.04 bits per heavy atom. The van der Waals surface area contributed by atoms with Crippen LogP contribution in [0.4, 0.5) is 4.39 Å². The second kappa shape index (κ2) is 5.50. The van der Waals surface area contributed by atoms with Crippen molar-refractivity contribution in [2.45, 2.75) is 25.3 Å². The quantitative estimate of drug-likeness (QED) is 0.781. The number of halogens is 1. The smallest absolute Gasteiger partial charge is 0.226 e. The molecule has 0 radical (unpaired) electrons. The highest BCUT2D eigenvalue weighted by Crippen LogP contribution is 2.32. The average molecular weight is 309 g/mol. The molecule has 5 heteroatoms. The minimum atomic E-state index is -0.182.